The molecule has 1 atom stereocenters. The van der Waals surface area contributed by atoms with Crippen LogP contribution in [0.5, 0.6) is 11.5 Å². The van der Waals surface area contributed by atoms with Crippen molar-refractivity contribution in [1.29, 1.82) is 0 Å². The molecule has 3 nitrogen and oxygen atoms in total. The minimum atomic E-state index is 0.307. The van der Waals surface area contributed by atoms with E-state index < -0.39 is 0 Å². The van der Waals surface area contributed by atoms with Crippen LogP contribution in [0.2, 0.25) is 5.02 Å². The molecule has 1 N–H and O–H groups in total. The minimum Gasteiger partial charge on any atom is -0.454 e. The molecule has 1 aliphatic heterocycles. The van der Waals surface area contributed by atoms with E-state index in [9.17, 15) is 0 Å². The van der Waals surface area contributed by atoms with E-state index >= 15 is 0 Å². The molecule has 0 radical (unpaired) electrons. The standard InChI is InChI=1S/C17H18ClNO2/c1-12(9-13-5-2-3-7-15(13)18)19-10-14-6-4-8-16-17(14)21-11-20-16/h2-8,12,19H,9-11H2,1H3. The number of fused-ring (bicyclic) bond motifs is 1. The van der Waals surface area contributed by atoms with Crippen molar-refractivity contribution in [2.45, 2.75) is 25.9 Å². The van der Waals surface area contributed by atoms with Crippen LogP contribution in [0.1, 0.15) is 18.1 Å². The quantitative estimate of drug-likeness (QED) is 0.911. The first kappa shape index (κ1) is 14.2. The van der Waals surface area contributed by atoms with Crippen molar-refractivity contribution >= 4 is 11.6 Å². The van der Waals surface area contributed by atoms with E-state index in [2.05, 4.69) is 24.4 Å². The zero-order chi connectivity index (χ0) is 14.7. The fourth-order valence-corrected chi connectivity index (χ4v) is 2.69. The molecule has 3 rings (SSSR count). The Morgan fingerprint density at radius 2 is 1.90 bits per heavy atom. The first-order valence-electron chi connectivity index (χ1n) is 7.08. The zero-order valence-electron chi connectivity index (χ0n) is 11.9. The van der Waals surface area contributed by atoms with Crippen LogP contribution in [0.3, 0.4) is 0 Å². The van der Waals surface area contributed by atoms with E-state index in [-0.39, 0.29) is 0 Å². The van der Waals surface area contributed by atoms with Gasteiger partial charge < -0.3 is 14.8 Å². The molecule has 110 valence electrons. The molecule has 1 aliphatic rings. The highest BCUT2D eigenvalue weighted by molar-refractivity contribution is 6.31. The maximum atomic E-state index is 6.20. The molecule has 4 heteroatoms. The van der Waals surface area contributed by atoms with Crippen molar-refractivity contribution in [2.24, 2.45) is 0 Å². The maximum Gasteiger partial charge on any atom is 0.231 e. The van der Waals surface area contributed by atoms with E-state index in [4.69, 9.17) is 21.1 Å². The van der Waals surface area contributed by atoms with Gasteiger partial charge >= 0.3 is 0 Å². The molecule has 1 heterocycles. The Balaban J connectivity index is 1.61. The van der Waals surface area contributed by atoms with Crippen molar-refractivity contribution in [2.75, 3.05) is 6.79 Å². The van der Waals surface area contributed by atoms with E-state index in [1.54, 1.807) is 0 Å². The third-order valence-corrected chi connectivity index (χ3v) is 3.97. The molecule has 0 bridgehead atoms. The largest absolute Gasteiger partial charge is 0.454 e. The molecule has 0 spiro atoms. The van der Waals surface area contributed by atoms with Crippen LogP contribution in [-0.2, 0) is 13.0 Å². The molecule has 0 amide bonds. The fourth-order valence-electron chi connectivity index (χ4n) is 2.48. The number of benzene rings is 2. The Morgan fingerprint density at radius 1 is 1.10 bits per heavy atom. The lowest BCUT2D eigenvalue weighted by Crippen LogP contribution is -2.27. The van der Waals surface area contributed by atoms with Gasteiger partial charge in [-0.15, -0.1) is 0 Å². The van der Waals surface area contributed by atoms with Crippen LogP contribution in [0, 0.1) is 0 Å². The molecule has 0 saturated carbocycles. The second-order valence-corrected chi connectivity index (χ2v) is 5.64. The summed E-state index contributed by atoms with van der Waals surface area (Å²) in [6, 6.07) is 14.3. The molecule has 0 saturated heterocycles. The predicted molar refractivity (Wildman–Crippen MR) is 84.0 cm³/mol. The topological polar surface area (TPSA) is 30.5 Å². The molecule has 0 aliphatic carbocycles. The van der Waals surface area contributed by atoms with Crippen LogP contribution in [-0.4, -0.2) is 12.8 Å². The lowest BCUT2D eigenvalue weighted by molar-refractivity contribution is 0.173. The second-order valence-electron chi connectivity index (χ2n) is 5.23. The van der Waals surface area contributed by atoms with E-state index in [1.807, 2.05) is 30.3 Å². The van der Waals surface area contributed by atoms with Gasteiger partial charge in [-0.2, -0.15) is 0 Å². The molecule has 0 fully saturated rings. The third kappa shape index (κ3) is 3.31. The summed E-state index contributed by atoms with van der Waals surface area (Å²) in [6.07, 6.45) is 0.895. The van der Waals surface area contributed by atoms with Gasteiger partial charge in [0.1, 0.15) is 0 Å². The van der Waals surface area contributed by atoms with Gasteiger partial charge in [0.2, 0.25) is 6.79 Å². The summed E-state index contributed by atoms with van der Waals surface area (Å²) < 4.78 is 10.9. The molecular weight excluding hydrogens is 286 g/mol. The highest BCUT2D eigenvalue weighted by atomic mass is 35.5. The van der Waals surface area contributed by atoms with Gasteiger partial charge in [0.25, 0.3) is 0 Å². The van der Waals surface area contributed by atoms with Crippen LogP contribution in [0.15, 0.2) is 42.5 Å². The van der Waals surface area contributed by atoms with E-state index in [0.29, 0.717) is 12.8 Å². The Bertz CT molecular complexity index is 630. The number of halogens is 1. The smallest absolute Gasteiger partial charge is 0.231 e. The SMILES string of the molecule is CC(Cc1ccccc1Cl)NCc1cccc2c1OCO2. The summed E-state index contributed by atoms with van der Waals surface area (Å²) in [5, 5.41) is 4.33. The highest BCUT2D eigenvalue weighted by Gasteiger charge is 2.17. The Hall–Kier alpha value is -1.71. The average Bonchev–Trinajstić information content (AvgIpc) is 2.96. The normalized spacial score (nSPS) is 14.2. The average molecular weight is 304 g/mol. The van der Waals surface area contributed by atoms with Crippen molar-refractivity contribution in [1.82, 2.24) is 5.32 Å². The number of ether oxygens (including phenoxy) is 2. The lowest BCUT2D eigenvalue weighted by atomic mass is 10.1. The molecule has 2 aromatic carbocycles. The molecule has 2 aromatic rings. The summed E-state index contributed by atoms with van der Waals surface area (Å²) in [5.41, 5.74) is 2.29. The summed E-state index contributed by atoms with van der Waals surface area (Å²) in [6.45, 7) is 3.21. The summed E-state index contributed by atoms with van der Waals surface area (Å²) in [4.78, 5) is 0. The van der Waals surface area contributed by atoms with Gasteiger partial charge in [0.15, 0.2) is 11.5 Å². The first-order valence-corrected chi connectivity index (χ1v) is 7.46. The van der Waals surface area contributed by atoms with Crippen molar-refractivity contribution in [3.05, 3.63) is 58.6 Å². The van der Waals surface area contributed by atoms with Crippen LogP contribution >= 0.6 is 11.6 Å². The number of rotatable bonds is 5. The van der Waals surface area contributed by atoms with Gasteiger partial charge in [-0.1, -0.05) is 41.9 Å². The van der Waals surface area contributed by atoms with E-state index in [1.165, 1.54) is 0 Å². The Morgan fingerprint density at radius 3 is 2.76 bits per heavy atom. The van der Waals surface area contributed by atoms with Crippen molar-refractivity contribution < 1.29 is 9.47 Å². The van der Waals surface area contributed by atoms with Crippen LogP contribution < -0.4 is 14.8 Å². The number of hydrogen-bond donors (Lipinski definition) is 1. The fraction of sp³-hybridized carbons (Fsp3) is 0.294. The van der Waals surface area contributed by atoms with Gasteiger partial charge in [0.05, 0.1) is 0 Å². The van der Waals surface area contributed by atoms with E-state index in [0.717, 1.165) is 40.6 Å². The first-order chi connectivity index (χ1) is 10.2. The minimum absolute atomic E-state index is 0.307. The summed E-state index contributed by atoms with van der Waals surface area (Å²) in [5.74, 6) is 1.68. The number of hydrogen-bond acceptors (Lipinski definition) is 3. The zero-order valence-corrected chi connectivity index (χ0v) is 12.7. The molecule has 0 aromatic heterocycles. The predicted octanol–water partition coefficient (Wildman–Crippen LogP) is 3.79. The molecule has 21 heavy (non-hydrogen) atoms. The van der Waals surface area contributed by atoms with Gasteiger partial charge in [-0.25, -0.2) is 0 Å². The third-order valence-electron chi connectivity index (χ3n) is 3.60. The van der Waals surface area contributed by atoms with Crippen LogP contribution in [0.25, 0.3) is 0 Å². The number of nitrogens with one attached hydrogen (secondary N) is 1. The lowest BCUT2D eigenvalue weighted by Gasteiger charge is -2.15. The Labute approximate surface area is 129 Å². The van der Waals surface area contributed by atoms with Crippen LogP contribution in [0.4, 0.5) is 0 Å². The summed E-state index contributed by atoms with van der Waals surface area (Å²) in [7, 11) is 0. The summed E-state index contributed by atoms with van der Waals surface area (Å²) >= 11 is 6.20. The van der Waals surface area contributed by atoms with Gasteiger partial charge in [-0.3, -0.25) is 0 Å². The van der Waals surface area contributed by atoms with Gasteiger partial charge in [0, 0.05) is 23.2 Å². The van der Waals surface area contributed by atoms with Gasteiger partial charge in [-0.05, 0) is 31.0 Å². The maximum absolute atomic E-state index is 6.20. The second kappa shape index (κ2) is 6.37. The number of para-hydroxylation sites is 1. The van der Waals surface area contributed by atoms with Crippen molar-refractivity contribution in [3.63, 3.8) is 0 Å². The monoisotopic (exact) mass is 303 g/mol. The molecule has 1 unspecified atom stereocenters. The molecular formula is C17H18ClNO2. The Kier molecular flexibility index (Phi) is 4.32. The highest BCUT2D eigenvalue weighted by Crippen LogP contribution is 2.35. The van der Waals surface area contributed by atoms with Crippen molar-refractivity contribution in [3.8, 4) is 11.5 Å².